The van der Waals surface area contributed by atoms with E-state index in [9.17, 15) is 0 Å². The average molecular weight is 183 g/mol. The summed E-state index contributed by atoms with van der Waals surface area (Å²) in [5.74, 6) is 2.73. The molecule has 0 amide bonds. The summed E-state index contributed by atoms with van der Waals surface area (Å²) in [7, 11) is 2.12. The molecule has 3 unspecified atom stereocenters. The molecule has 0 radical (unpaired) electrons. The fourth-order valence-corrected chi connectivity index (χ4v) is 2.74. The van der Waals surface area contributed by atoms with Crippen LogP contribution < -0.4 is 5.32 Å². The van der Waals surface area contributed by atoms with Crippen molar-refractivity contribution < 1.29 is 0 Å². The Morgan fingerprint density at radius 2 is 2.00 bits per heavy atom. The Kier molecular flexibility index (Phi) is 4.24. The van der Waals surface area contributed by atoms with Gasteiger partial charge in [0.25, 0.3) is 0 Å². The minimum Gasteiger partial charge on any atom is -0.317 e. The van der Waals surface area contributed by atoms with Crippen molar-refractivity contribution in [2.24, 2.45) is 17.8 Å². The minimum absolute atomic E-state index is 0.790. The van der Waals surface area contributed by atoms with Gasteiger partial charge in [-0.15, -0.1) is 0 Å². The molecule has 1 aliphatic rings. The van der Waals surface area contributed by atoms with Crippen molar-refractivity contribution in [2.75, 3.05) is 7.05 Å². The third-order valence-electron chi connectivity index (χ3n) is 3.39. The van der Waals surface area contributed by atoms with Crippen molar-refractivity contribution in [3.05, 3.63) is 0 Å². The number of hydrogen-bond donors (Lipinski definition) is 1. The van der Waals surface area contributed by atoms with Crippen molar-refractivity contribution in [1.29, 1.82) is 0 Å². The van der Waals surface area contributed by atoms with E-state index in [1.54, 1.807) is 0 Å². The third kappa shape index (κ3) is 3.30. The van der Waals surface area contributed by atoms with Gasteiger partial charge in [0.2, 0.25) is 0 Å². The maximum Gasteiger partial charge on any atom is 0.00926 e. The average Bonchev–Trinajstić information content (AvgIpc) is 2.03. The van der Waals surface area contributed by atoms with E-state index in [1.165, 1.54) is 25.7 Å². The van der Waals surface area contributed by atoms with Gasteiger partial charge >= 0.3 is 0 Å². The smallest absolute Gasteiger partial charge is 0.00926 e. The highest BCUT2D eigenvalue weighted by Crippen LogP contribution is 2.32. The van der Waals surface area contributed by atoms with E-state index >= 15 is 0 Å². The van der Waals surface area contributed by atoms with E-state index in [1.807, 2.05) is 0 Å². The lowest BCUT2D eigenvalue weighted by atomic mass is 9.75. The predicted octanol–water partition coefficient (Wildman–Crippen LogP) is 3.06. The van der Waals surface area contributed by atoms with Crippen molar-refractivity contribution in [1.82, 2.24) is 5.32 Å². The molecule has 0 spiro atoms. The lowest BCUT2D eigenvalue weighted by molar-refractivity contribution is 0.194. The Morgan fingerprint density at radius 3 is 2.54 bits per heavy atom. The second kappa shape index (κ2) is 4.99. The monoisotopic (exact) mass is 183 g/mol. The molecule has 0 aromatic carbocycles. The van der Waals surface area contributed by atoms with Crippen molar-refractivity contribution in [3.8, 4) is 0 Å². The molecule has 1 aliphatic carbocycles. The zero-order valence-electron chi connectivity index (χ0n) is 9.64. The predicted molar refractivity (Wildman–Crippen MR) is 58.8 cm³/mol. The standard InChI is InChI=1S/C12H25N/c1-9(2)7-11-8-10(3)5-6-12(11)13-4/h9-13H,5-8H2,1-4H3. The summed E-state index contributed by atoms with van der Waals surface area (Å²) in [5, 5.41) is 3.48. The molecule has 0 aromatic heterocycles. The summed E-state index contributed by atoms with van der Waals surface area (Å²) in [6, 6.07) is 0.790. The molecule has 0 aliphatic heterocycles. The van der Waals surface area contributed by atoms with E-state index in [-0.39, 0.29) is 0 Å². The summed E-state index contributed by atoms with van der Waals surface area (Å²) in [5.41, 5.74) is 0. The maximum absolute atomic E-state index is 3.48. The molecule has 0 aromatic rings. The first-order valence-corrected chi connectivity index (χ1v) is 5.80. The Balaban J connectivity index is 2.44. The van der Waals surface area contributed by atoms with E-state index in [2.05, 4.69) is 33.1 Å². The van der Waals surface area contributed by atoms with E-state index in [0.717, 1.165) is 23.8 Å². The molecule has 13 heavy (non-hydrogen) atoms. The highest BCUT2D eigenvalue weighted by Gasteiger charge is 2.27. The molecule has 0 saturated heterocycles. The van der Waals surface area contributed by atoms with Crippen LogP contribution in [-0.4, -0.2) is 13.1 Å². The first-order valence-electron chi connectivity index (χ1n) is 5.80. The van der Waals surface area contributed by atoms with Crippen LogP contribution in [0.1, 0.15) is 46.5 Å². The zero-order valence-corrected chi connectivity index (χ0v) is 9.64. The van der Waals surface area contributed by atoms with Crippen molar-refractivity contribution in [2.45, 2.75) is 52.5 Å². The van der Waals surface area contributed by atoms with E-state index < -0.39 is 0 Å². The molecular formula is C12H25N. The summed E-state index contributed by atoms with van der Waals surface area (Å²) < 4.78 is 0. The molecule has 0 heterocycles. The maximum atomic E-state index is 3.48. The van der Waals surface area contributed by atoms with Crippen LogP contribution in [0.2, 0.25) is 0 Å². The van der Waals surface area contributed by atoms with Gasteiger partial charge in [0, 0.05) is 6.04 Å². The minimum atomic E-state index is 0.790. The molecule has 78 valence electrons. The van der Waals surface area contributed by atoms with Crippen molar-refractivity contribution >= 4 is 0 Å². The van der Waals surface area contributed by atoms with Gasteiger partial charge in [-0.2, -0.15) is 0 Å². The molecule has 1 heteroatoms. The third-order valence-corrected chi connectivity index (χ3v) is 3.39. The summed E-state index contributed by atoms with van der Waals surface area (Å²) in [6.45, 7) is 7.08. The number of rotatable bonds is 3. The number of nitrogens with one attached hydrogen (secondary N) is 1. The second-order valence-electron chi connectivity index (χ2n) is 5.20. The van der Waals surface area contributed by atoms with Gasteiger partial charge in [-0.3, -0.25) is 0 Å². The molecule has 1 fully saturated rings. The number of hydrogen-bond acceptors (Lipinski definition) is 1. The van der Waals surface area contributed by atoms with Gasteiger partial charge in [-0.05, 0) is 50.5 Å². The van der Waals surface area contributed by atoms with Crippen LogP contribution in [0.15, 0.2) is 0 Å². The Labute approximate surface area is 83.3 Å². The van der Waals surface area contributed by atoms with Gasteiger partial charge in [-0.25, -0.2) is 0 Å². The highest BCUT2D eigenvalue weighted by molar-refractivity contribution is 4.83. The van der Waals surface area contributed by atoms with Crippen molar-refractivity contribution in [3.63, 3.8) is 0 Å². The lowest BCUT2D eigenvalue weighted by Crippen LogP contribution is -2.38. The van der Waals surface area contributed by atoms with Crippen LogP contribution >= 0.6 is 0 Å². The molecule has 1 saturated carbocycles. The summed E-state index contributed by atoms with van der Waals surface area (Å²) in [6.07, 6.45) is 5.63. The largest absolute Gasteiger partial charge is 0.317 e. The van der Waals surface area contributed by atoms with Gasteiger partial charge in [0.15, 0.2) is 0 Å². The van der Waals surface area contributed by atoms with Gasteiger partial charge in [0.1, 0.15) is 0 Å². The molecule has 0 bridgehead atoms. The fraction of sp³-hybridized carbons (Fsp3) is 1.00. The van der Waals surface area contributed by atoms with Crippen LogP contribution in [-0.2, 0) is 0 Å². The molecule has 1 nitrogen and oxygen atoms in total. The molecule has 3 atom stereocenters. The highest BCUT2D eigenvalue weighted by atomic mass is 14.9. The summed E-state index contributed by atoms with van der Waals surface area (Å²) in [4.78, 5) is 0. The fourth-order valence-electron chi connectivity index (χ4n) is 2.74. The summed E-state index contributed by atoms with van der Waals surface area (Å²) >= 11 is 0. The van der Waals surface area contributed by atoms with Gasteiger partial charge in [-0.1, -0.05) is 20.8 Å². The van der Waals surface area contributed by atoms with Crippen LogP contribution in [0.3, 0.4) is 0 Å². The van der Waals surface area contributed by atoms with Gasteiger partial charge in [0.05, 0.1) is 0 Å². The quantitative estimate of drug-likeness (QED) is 0.709. The van der Waals surface area contributed by atoms with Crippen LogP contribution in [0, 0.1) is 17.8 Å². The molecule has 1 N–H and O–H groups in total. The van der Waals surface area contributed by atoms with E-state index in [4.69, 9.17) is 0 Å². The molecule has 1 rings (SSSR count). The Morgan fingerprint density at radius 1 is 1.31 bits per heavy atom. The topological polar surface area (TPSA) is 12.0 Å². The first-order chi connectivity index (χ1) is 6.13. The van der Waals surface area contributed by atoms with Gasteiger partial charge < -0.3 is 5.32 Å². The Hall–Kier alpha value is -0.0400. The van der Waals surface area contributed by atoms with Crippen LogP contribution in [0.4, 0.5) is 0 Å². The Bertz CT molecular complexity index is 140. The SMILES string of the molecule is CNC1CCC(C)CC1CC(C)C. The zero-order chi connectivity index (χ0) is 9.84. The lowest BCUT2D eigenvalue weighted by Gasteiger charge is -2.35. The molecular weight excluding hydrogens is 158 g/mol. The van der Waals surface area contributed by atoms with Crippen LogP contribution in [0.25, 0.3) is 0 Å². The van der Waals surface area contributed by atoms with E-state index in [0.29, 0.717) is 0 Å². The second-order valence-corrected chi connectivity index (χ2v) is 5.20. The first kappa shape index (κ1) is 11.0. The van der Waals surface area contributed by atoms with Crippen LogP contribution in [0.5, 0.6) is 0 Å². The normalized spacial score (nSPS) is 35.3.